The molecule has 0 radical (unpaired) electrons. The molecule has 2 amide bonds. The quantitative estimate of drug-likeness (QED) is 0.481. The summed E-state index contributed by atoms with van der Waals surface area (Å²) in [6.45, 7) is 0.135. The van der Waals surface area contributed by atoms with Crippen LogP contribution in [-0.4, -0.2) is 25.5 Å². The number of halogens is 1. The number of hydrogen-bond donors (Lipinski definition) is 3. The Balaban J connectivity index is 1.52. The van der Waals surface area contributed by atoms with Crippen LogP contribution in [0.25, 0.3) is 0 Å². The number of ether oxygens (including phenoxy) is 1. The SMILES string of the molecule is COc1ccc(NC(=O)c2ccc(NC(=O)CNc3cccc(Br)c3)cc2)cc1. The molecule has 0 aliphatic heterocycles. The summed E-state index contributed by atoms with van der Waals surface area (Å²) in [7, 11) is 1.59. The molecule has 0 bridgehead atoms. The first-order valence-electron chi connectivity index (χ1n) is 8.88. The van der Waals surface area contributed by atoms with Gasteiger partial charge in [0.05, 0.1) is 13.7 Å². The van der Waals surface area contributed by atoms with E-state index in [2.05, 4.69) is 31.9 Å². The van der Waals surface area contributed by atoms with Gasteiger partial charge in [-0.05, 0) is 66.7 Å². The summed E-state index contributed by atoms with van der Waals surface area (Å²) in [5.41, 5.74) is 2.63. The summed E-state index contributed by atoms with van der Waals surface area (Å²) in [5.74, 6) is 0.308. The minimum atomic E-state index is -0.232. The van der Waals surface area contributed by atoms with E-state index in [4.69, 9.17) is 4.74 Å². The topological polar surface area (TPSA) is 79.5 Å². The molecule has 0 aliphatic rings. The molecular weight excluding hydrogens is 434 g/mol. The van der Waals surface area contributed by atoms with Gasteiger partial charge in [0.1, 0.15) is 5.75 Å². The highest BCUT2D eigenvalue weighted by atomic mass is 79.9. The van der Waals surface area contributed by atoms with E-state index in [0.717, 1.165) is 15.9 Å². The van der Waals surface area contributed by atoms with Gasteiger partial charge in [0.25, 0.3) is 5.91 Å². The second kappa shape index (κ2) is 9.75. The van der Waals surface area contributed by atoms with Crippen molar-refractivity contribution >= 4 is 44.8 Å². The highest BCUT2D eigenvalue weighted by Gasteiger charge is 2.08. The number of hydrogen-bond acceptors (Lipinski definition) is 4. The molecule has 148 valence electrons. The zero-order valence-electron chi connectivity index (χ0n) is 15.7. The Morgan fingerprint density at radius 3 is 2.17 bits per heavy atom. The van der Waals surface area contributed by atoms with Crippen LogP contribution in [0.1, 0.15) is 10.4 Å². The van der Waals surface area contributed by atoms with Crippen molar-refractivity contribution in [1.29, 1.82) is 0 Å². The summed E-state index contributed by atoms with van der Waals surface area (Å²) < 4.78 is 6.03. The fourth-order valence-corrected chi connectivity index (χ4v) is 2.97. The number of nitrogens with one attached hydrogen (secondary N) is 3. The van der Waals surface area contributed by atoms with Crippen molar-refractivity contribution in [1.82, 2.24) is 0 Å². The average Bonchev–Trinajstić information content (AvgIpc) is 2.73. The Labute approximate surface area is 177 Å². The molecule has 0 unspecified atom stereocenters. The Morgan fingerprint density at radius 2 is 1.52 bits per heavy atom. The van der Waals surface area contributed by atoms with Crippen LogP contribution in [0.15, 0.2) is 77.3 Å². The largest absolute Gasteiger partial charge is 0.497 e. The minimum absolute atomic E-state index is 0.135. The van der Waals surface area contributed by atoms with Gasteiger partial charge in [-0.2, -0.15) is 0 Å². The third kappa shape index (κ3) is 6.08. The van der Waals surface area contributed by atoms with E-state index in [1.165, 1.54) is 0 Å². The number of benzene rings is 3. The van der Waals surface area contributed by atoms with Gasteiger partial charge in [0, 0.05) is 27.1 Å². The summed E-state index contributed by atoms with van der Waals surface area (Å²) in [6, 6.07) is 21.4. The van der Waals surface area contributed by atoms with Crippen LogP contribution in [0.3, 0.4) is 0 Å². The molecule has 3 rings (SSSR count). The van der Waals surface area contributed by atoms with E-state index in [0.29, 0.717) is 16.9 Å². The molecule has 0 aromatic heterocycles. The lowest BCUT2D eigenvalue weighted by Crippen LogP contribution is -2.21. The molecule has 0 aliphatic carbocycles. The standard InChI is InChI=1S/C22H20BrN3O3/c1-29-20-11-9-18(10-12-20)26-22(28)15-5-7-17(8-6-15)25-21(27)14-24-19-4-2-3-16(23)13-19/h2-13,24H,14H2,1H3,(H,25,27)(H,26,28). The fourth-order valence-electron chi connectivity index (χ4n) is 2.57. The maximum atomic E-state index is 12.3. The number of carbonyl (C=O) groups is 2. The predicted molar refractivity (Wildman–Crippen MR) is 119 cm³/mol. The van der Waals surface area contributed by atoms with Crippen molar-refractivity contribution in [2.45, 2.75) is 0 Å². The molecule has 6 nitrogen and oxygen atoms in total. The van der Waals surface area contributed by atoms with Gasteiger partial charge in [0.2, 0.25) is 5.91 Å². The smallest absolute Gasteiger partial charge is 0.255 e. The lowest BCUT2D eigenvalue weighted by molar-refractivity contribution is -0.114. The molecule has 3 aromatic rings. The Hall–Kier alpha value is -3.32. The highest BCUT2D eigenvalue weighted by molar-refractivity contribution is 9.10. The molecule has 0 spiro atoms. The van der Waals surface area contributed by atoms with Crippen LogP contribution in [0.4, 0.5) is 17.1 Å². The molecule has 29 heavy (non-hydrogen) atoms. The number of anilines is 3. The first-order chi connectivity index (χ1) is 14.0. The van der Waals surface area contributed by atoms with E-state index in [-0.39, 0.29) is 18.4 Å². The molecule has 0 fully saturated rings. The summed E-state index contributed by atoms with van der Waals surface area (Å²) in [4.78, 5) is 24.5. The summed E-state index contributed by atoms with van der Waals surface area (Å²) >= 11 is 3.39. The van der Waals surface area contributed by atoms with E-state index < -0.39 is 0 Å². The summed E-state index contributed by atoms with van der Waals surface area (Å²) in [5, 5.41) is 8.67. The number of methoxy groups -OCH3 is 1. The van der Waals surface area contributed by atoms with Gasteiger partial charge in [0.15, 0.2) is 0 Å². The van der Waals surface area contributed by atoms with Crippen LogP contribution in [0.2, 0.25) is 0 Å². The second-order valence-corrected chi connectivity index (χ2v) is 7.09. The highest BCUT2D eigenvalue weighted by Crippen LogP contribution is 2.17. The Bertz CT molecular complexity index is 989. The zero-order valence-corrected chi connectivity index (χ0v) is 17.3. The van der Waals surface area contributed by atoms with E-state index in [9.17, 15) is 9.59 Å². The van der Waals surface area contributed by atoms with Gasteiger partial charge < -0.3 is 20.7 Å². The van der Waals surface area contributed by atoms with Gasteiger partial charge in [-0.15, -0.1) is 0 Å². The minimum Gasteiger partial charge on any atom is -0.497 e. The van der Waals surface area contributed by atoms with Gasteiger partial charge in [-0.1, -0.05) is 22.0 Å². The van der Waals surface area contributed by atoms with Crippen LogP contribution in [0.5, 0.6) is 5.75 Å². The van der Waals surface area contributed by atoms with E-state index >= 15 is 0 Å². The number of amides is 2. The van der Waals surface area contributed by atoms with Crippen LogP contribution < -0.4 is 20.7 Å². The molecule has 0 saturated heterocycles. The molecule has 3 aromatic carbocycles. The number of rotatable bonds is 7. The molecule has 3 N–H and O–H groups in total. The van der Waals surface area contributed by atoms with Gasteiger partial charge in [-0.25, -0.2) is 0 Å². The molecule has 0 heterocycles. The predicted octanol–water partition coefficient (Wildman–Crippen LogP) is 4.76. The van der Waals surface area contributed by atoms with E-state index in [1.54, 1.807) is 55.6 Å². The number of carbonyl (C=O) groups excluding carboxylic acids is 2. The lowest BCUT2D eigenvalue weighted by atomic mass is 10.2. The molecule has 0 saturated carbocycles. The van der Waals surface area contributed by atoms with Gasteiger partial charge in [-0.3, -0.25) is 9.59 Å². The monoisotopic (exact) mass is 453 g/mol. The Morgan fingerprint density at radius 1 is 0.862 bits per heavy atom. The van der Waals surface area contributed by atoms with Crippen LogP contribution in [0, 0.1) is 0 Å². The molecule has 0 atom stereocenters. The van der Waals surface area contributed by atoms with Crippen molar-refractivity contribution in [2.24, 2.45) is 0 Å². The second-order valence-electron chi connectivity index (χ2n) is 6.17. The van der Waals surface area contributed by atoms with Crippen LogP contribution >= 0.6 is 15.9 Å². The molecule has 7 heteroatoms. The van der Waals surface area contributed by atoms with Crippen molar-refractivity contribution in [3.63, 3.8) is 0 Å². The first-order valence-corrected chi connectivity index (χ1v) is 9.67. The zero-order chi connectivity index (χ0) is 20.6. The lowest BCUT2D eigenvalue weighted by Gasteiger charge is -2.09. The van der Waals surface area contributed by atoms with Crippen molar-refractivity contribution in [3.8, 4) is 5.75 Å². The third-order valence-corrected chi connectivity index (χ3v) is 4.55. The van der Waals surface area contributed by atoms with Crippen molar-refractivity contribution < 1.29 is 14.3 Å². The third-order valence-electron chi connectivity index (χ3n) is 4.06. The maximum absolute atomic E-state index is 12.3. The summed E-state index contributed by atoms with van der Waals surface area (Å²) in [6.07, 6.45) is 0. The van der Waals surface area contributed by atoms with Crippen molar-refractivity contribution in [3.05, 3.63) is 82.8 Å². The normalized spacial score (nSPS) is 10.1. The van der Waals surface area contributed by atoms with Crippen molar-refractivity contribution in [2.75, 3.05) is 29.6 Å². The van der Waals surface area contributed by atoms with Gasteiger partial charge >= 0.3 is 0 Å². The average molecular weight is 454 g/mol. The fraction of sp³-hybridized carbons (Fsp3) is 0.0909. The van der Waals surface area contributed by atoms with Crippen LogP contribution in [-0.2, 0) is 4.79 Å². The first kappa shape index (κ1) is 20.4. The molecular formula is C22H20BrN3O3. The maximum Gasteiger partial charge on any atom is 0.255 e. The Kier molecular flexibility index (Phi) is 6.86. The van der Waals surface area contributed by atoms with E-state index in [1.807, 2.05) is 24.3 Å².